The van der Waals surface area contributed by atoms with Gasteiger partial charge in [-0.05, 0) is 31.5 Å². The van der Waals surface area contributed by atoms with Crippen LogP contribution in [0, 0.1) is 6.92 Å². The molecule has 5 heteroatoms. The highest BCUT2D eigenvalue weighted by Gasteiger charge is 2.09. The Bertz CT molecular complexity index is 822. The topological polar surface area (TPSA) is 37.6 Å². The van der Waals surface area contributed by atoms with Crippen LogP contribution in [0.3, 0.4) is 0 Å². The van der Waals surface area contributed by atoms with E-state index in [1.807, 2.05) is 5.38 Å². The van der Waals surface area contributed by atoms with Crippen LogP contribution < -0.4 is 10.5 Å². The molecule has 0 radical (unpaired) electrons. The van der Waals surface area contributed by atoms with E-state index in [4.69, 9.17) is 0 Å². The van der Waals surface area contributed by atoms with Gasteiger partial charge in [-0.1, -0.05) is 12.1 Å². The van der Waals surface area contributed by atoms with Gasteiger partial charge in [0.15, 0.2) is 4.96 Å². The molecule has 2 aromatic heterocycles. The predicted octanol–water partition coefficient (Wildman–Crippen LogP) is 3.09. The van der Waals surface area contributed by atoms with Gasteiger partial charge in [-0.3, -0.25) is 9.20 Å². The molecule has 0 saturated heterocycles. The fourth-order valence-corrected chi connectivity index (χ4v) is 3.11. The van der Waals surface area contributed by atoms with Gasteiger partial charge in [0.2, 0.25) is 0 Å². The predicted molar refractivity (Wildman–Crippen MR) is 87.2 cm³/mol. The zero-order valence-electron chi connectivity index (χ0n) is 12.1. The third kappa shape index (κ3) is 2.83. The molecule has 0 fully saturated rings. The van der Waals surface area contributed by atoms with Gasteiger partial charge in [-0.2, -0.15) is 0 Å². The number of rotatable bonds is 4. The van der Waals surface area contributed by atoms with Crippen molar-refractivity contribution in [3.63, 3.8) is 0 Å². The van der Waals surface area contributed by atoms with E-state index >= 15 is 0 Å². The van der Waals surface area contributed by atoms with Crippen LogP contribution in [0.5, 0.6) is 0 Å². The summed E-state index contributed by atoms with van der Waals surface area (Å²) in [4.78, 5) is 19.6. The highest BCUT2D eigenvalue weighted by molar-refractivity contribution is 7.15. The number of hydrogen-bond donors (Lipinski definition) is 0. The number of nitrogens with zero attached hydrogens (tertiary/aromatic N) is 3. The Morgan fingerprint density at radius 1 is 1.33 bits per heavy atom. The van der Waals surface area contributed by atoms with Crippen molar-refractivity contribution in [2.24, 2.45) is 0 Å². The number of fused-ring (bicyclic) bond motifs is 1. The first-order valence-corrected chi connectivity index (χ1v) is 7.83. The second-order valence-corrected chi connectivity index (χ2v) is 5.87. The van der Waals surface area contributed by atoms with Crippen LogP contribution in [0.2, 0.25) is 0 Å². The minimum Gasteiger partial charge on any atom is -0.366 e. The number of hydrogen-bond acceptors (Lipinski definition) is 4. The molecule has 3 aromatic rings. The Morgan fingerprint density at radius 3 is 2.95 bits per heavy atom. The second-order valence-electron chi connectivity index (χ2n) is 4.99. The van der Waals surface area contributed by atoms with Crippen LogP contribution in [-0.4, -0.2) is 15.9 Å². The smallest absolute Gasteiger partial charge is 0.258 e. The van der Waals surface area contributed by atoms with Gasteiger partial charge in [0, 0.05) is 29.9 Å². The van der Waals surface area contributed by atoms with Crippen molar-refractivity contribution in [3.05, 3.63) is 63.5 Å². The highest BCUT2D eigenvalue weighted by atomic mass is 32.1. The van der Waals surface area contributed by atoms with E-state index in [9.17, 15) is 4.79 Å². The summed E-state index contributed by atoms with van der Waals surface area (Å²) < 4.78 is 1.58. The van der Waals surface area contributed by atoms with Crippen molar-refractivity contribution < 1.29 is 0 Å². The Hall–Kier alpha value is -2.14. The molecule has 1 aromatic carbocycles. The maximum absolute atomic E-state index is 12.0. The lowest BCUT2D eigenvalue weighted by Crippen LogP contribution is -2.24. The number of aromatic nitrogens is 2. The summed E-state index contributed by atoms with van der Waals surface area (Å²) in [6.07, 6.45) is 1.76. The fourth-order valence-electron chi connectivity index (χ4n) is 2.37. The zero-order chi connectivity index (χ0) is 14.8. The van der Waals surface area contributed by atoms with Crippen molar-refractivity contribution >= 4 is 22.0 Å². The molecule has 0 unspecified atom stereocenters. The van der Waals surface area contributed by atoms with Gasteiger partial charge in [-0.15, -0.1) is 11.3 Å². The van der Waals surface area contributed by atoms with Gasteiger partial charge >= 0.3 is 0 Å². The molecule has 0 aliphatic rings. The lowest BCUT2D eigenvalue weighted by Gasteiger charge is -2.23. The van der Waals surface area contributed by atoms with Crippen molar-refractivity contribution in [2.45, 2.75) is 20.4 Å². The van der Waals surface area contributed by atoms with E-state index in [0.717, 1.165) is 22.9 Å². The Labute approximate surface area is 127 Å². The molecule has 0 amide bonds. The van der Waals surface area contributed by atoms with Crippen LogP contribution >= 0.6 is 11.3 Å². The third-order valence-corrected chi connectivity index (χ3v) is 4.21. The van der Waals surface area contributed by atoms with Gasteiger partial charge in [-0.25, -0.2) is 4.98 Å². The zero-order valence-corrected chi connectivity index (χ0v) is 12.9. The minimum atomic E-state index is -0.0171. The summed E-state index contributed by atoms with van der Waals surface area (Å²) in [6.45, 7) is 5.71. The van der Waals surface area contributed by atoms with Gasteiger partial charge in [0.25, 0.3) is 5.56 Å². The average Bonchev–Trinajstić information content (AvgIpc) is 2.93. The number of anilines is 1. The first-order chi connectivity index (χ1) is 10.2. The van der Waals surface area contributed by atoms with E-state index in [2.05, 4.69) is 48.0 Å². The largest absolute Gasteiger partial charge is 0.366 e. The maximum Gasteiger partial charge on any atom is 0.258 e. The van der Waals surface area contributed by atoms with Crippen LogP contribution in [0.4, 0.5) is 5.69 Å². The standard InChI is InChI=1S/C16H17N3OS/c1-3-18(14-6-4-5-12(2)9-14)11-13-10-15(20)19-7-8-21-16(19)17-13/h4-10H,3,11H2,1-2H3. The summed E-state index contributed by atoms with van der Waals surface area (Å²) in [7, 11) is 0. The maximum atomic E-state index is 12.0. The monoisotopic (exact) mass is 299 g/mol. The summed E-state index contributed by atoms with van der Waals surface area (Å²) in [5.74, 6) is 0. The number of aryl methyl sites for hydroxylation is 1. The van der Waals surface area contributed by atoms with Gasteiger partial charge in [0.1, 0.15) is 0 Å². The second kappa shape index (κ2) is 5.69. The molecule has 0 aliphatic carbocycles. The molecule has 0 bridgehead atoms. The highest BCUT2D eigenvalue weighted by Crippen LogP contribution is 2.18. The molecule has 0 spiro atoms. The van der Waals surface area contributed by atoms with Crippen molar-refractivity contribution in [2.75, 3.05) is 11.4 Å². The fraction of sp³-hybridized carbons (Fsp3) is 0.250. The summed E-state index contributed by atoms with van der Waals surface area (Å²) in [6, 6.07) is 10.0. The Morgan fingerprint density at radius 2 is 2.19 bits per heavy atom. The summed E-state index contributed by atoms with van der Waals surface area (Å²) in [5, 5.41) is 1.88. The van der Waals surface area contributed by atoms with E-state index in [1.54, 1.807) is 16.7 Å². The van der Waals surface area contributed by atoms with Crippen molar-refractivity contribution in [1.29, 1.82) is 0 Å². The minimum absolute atomic E-state index is 0.0171. The molecular formula is C16H17N3OS. The van der Waals surface area contributed by atoms with Crippen LogP contribution in [0.25, 0.3) is 4.96 Å². The molecule has 3 rings (SSSR count). The molecule has 4 nitrogen and oxygen atoms in total. The van der Waals surface area contributed by atoms with E-state index < -0.39 is 0 Å². The Balaban J connectivity index is 1.93. The Kier molecular flexibility index (Phi) is 3.75. The van der Waals surface area contributed by atoms with E-state index in [0.29, 0.717) is 6.54 Å². The summed E-state index contributed by atoms with van der Waals surface area (Å²) in [5.41, 5.74) is 3.18. The molecule has 0 aliphatic heterocycles. The lowest BCUT2D eigenvalue weighted by atomic mass is 10.2. The molecule has 0 N–H and O–H groups in total. The molecule has 0 saturated carbocycles. The van der Waals surface area contributed by atoms with Crippen LogP contribution in [-0.2, 0) is 6.54 Å². The molecule has 0 atom stereocenters. The molecule has 108 valence electrons. The SMILES string of the molecule is CCN(Cc1cc(=O)n2ccsc2n1)c1cccc(C)c1. The first-order valence-electron chi connectivity index (χ1n) is 6.95. The first kappa shape index (κ1) is 13.8. The average molecular weight is 299 g/mol. The van der Waals surface area contributed by atoms with Gasteiger partial charge in [0.05, 0.1) is 12.2 Å². The van der Waals surface area contributed by atoms with Gasteiger partial charge < -0.3 is 4.90 Å². The van der Waals surface area contributed by atoms with E-state index in [-0.39, 0.29) is 5.56 Å². The van der Waals surface area contributed by atoms with Crippen LogP contribution in [0.1, 0.15) is 18.2 Å². The summed E-state index contributed by atoms with van der Waals surface area (Å²) >= 11 is 1.48. The quantitative estimate of drug-likeness (QED) is 0.743. The lowest BCUT2D eigenvalue weighted by molar-refractivity contribution is 0.805. The van der Waals surface area contributed by atoms with Crippen LogP contribution in [0.15, 0.2) is 46.7 Å². The van der Waals surface area contributed by atoms with Crippen molar-refractivity contribution in [3.8, 4) is 0 Å². The normalized spacial score (nSPS) is 11.0. The number of benzene rings is 1. The third-order valence-electron chi connectivity index (χ3n) is 3.46. The number of thiazole rings is 1. The van der Waals surface area contributed by atoms with E-state index in [1.165, 1.54) is 16.9 Å². The molecular weight excluding hydrogens is 282 g/mol. The van der Waals surface area contributed by atoms with Crippen molar-refractivity contribution in [1.82, 2.24) is 9.38 Å². The molecule has 21 heavy (non-hydrogen) atoms. The molecule has 2 heterocycles.